The highest BCUT2D eigenvalue weighted by atomic mass is 15.0. The molecular formula is C15H14N2. The fourth-order valence-electron chi connectivity index (χ4n) is 2.20. The summed E-state index contributed by atoms with van der Waals surface area (Å²) in [5, 5.41) is 1.24. The highest BCUT2D eigenvalue weighted by molar-refractivity contribution is 5.80. The lowest BCUT2D eigenvalue weighted by atomic mass is 10.2. The molecule has 2 aromatic heterocycles. The Kier molecular flexibility index (Phi) is 2.41. The van der Waals surface area contributed by atoms with E-state index in [-0.39, 0.29) is 0 Å². The molecule has 0 saturated carbocycles. The van der Waals surface area contributed by atoms with Gasteiger partial charge in [0, 0.05) is 24.3 Å². The van der Waals surface area contributed by atoms with Crippen molar-refractivity contribution in [3.8, 4) is 0 Å². The number of hydrogen-bond donors (Lipinski definition) is 0. The molecule has 2 nitrogen and oxygen atoms in total. The molecule has 2 heterocycles. The van der Waals surface area contributed by atoms with E-state index in [4.69, 9.17) is 0 Å². The molecule has 17 heavy (non-hydrogen) atoms. The molecule has 0 fully saturated rings. The lowest BCUT2D eigenvalue weighted by Crippen LogP contribution is -1.98. The van der Waals surface area contributed by atoms with Gasteiger partial charge in [-0.25, -0.2) is 4.98 Å². The van der Waals surface area contributed by atoms with Gasteiger partial charge < -0.3 is 4.57 Å². The van der Waals surface area contributed by atoms with Crippen molar-refractivity contribution in [2.24, 2.45) is 0 Å². The molecular weight excluding hydrogens is 208 g/mol. The van der Waals surface area contributed by atoms with Crippen LogP contribution in [0.3, 0.4) is 0 Å². The number of fused-ring (bicyclic) bond motifs is 1. The maximum absolute atomic E-state index is 4.46. The van der Waals surface area contributed by atoms with Gasteiger partial charge in [-0.15, -0.1) is 0 Å². The Morgan fingerprint density at radius 3 is 2.71 bits per heavy atom. The molecule has 3 aromatic rings. The van der Waals surface area contributed by atoms with Gasteiger partial charge in [0.05, 0.1) is 0 Å². The third-order valence-electron chi connectivity index (χ3n) is 3.03. The quantitative estimate of drug-likeness (QED) is 0.650. The Morgan fingerprint density at radius 1 is 1.06 bits per heavy atom. The van der Waals surface area contributed by atoms with Gasteiger partial charge >= 0.3 is 0 Å². The third-order valence-corrected chi connectivity index (χ3v) is 3.03. The molecule has 0 unspecified atom stereocenters. The number of aromatic nitrogens is 2. The number of hydrogen-bond acceptors (Lipinski definition) is 1. The van der Waals surface area contributed by atoms with Crippen molar-refractivity contribution < 1.29 is 0 Å². The lowest BCUT2D eigenvalue weighted by molar-refractivity contribution is 0.823. The molecule has 0 amide bonds. The minimum Gasteiger partial charge on any atom is -0.328 e. The van der Waals surface area contributed by atoms with Gasteiger partial charge in [0.15, 0.2) is 0 Å². The SMILES string of the molecule is Cc1cn(Cc2ccccc2)c2ncccc12. The summed E-state index contributed by atoms with van der Waals surface area (Å²) in [6.07, 6.45) is 4.02. The molecule has 0 aliphatic carbocycles. The Labute approximate surface area is 101 Å². The van der Waals surface area contributed by atoms with Gasteiger partial charge in [-0.3, -0.25) is 0 Å². The second-order valence-corrected chi connectivity index (χ2v) is 4.30. The van der Waals surface area contributed by atoms with Crippen molar-refractivity contribution >= 4 is 11.0 Å². The topological polar surface area (TPSA) is 17.8 Å². The second-order valence-electron chi connectivity index (χ2n) is 4.30. The maximum Gasteiger partial charge on any atom is 0.140 e. The van der Waals surface area contributed by atoms with Crippen LogP contribution in [0.25, 0.3) is 11.0 Å². The predicted molar refractivity (Wildman–Crippen MR) is 70.0 cm³/mol. The van der Waals surface area contributed by atoms with Crippen LogP contribution in [-0.4, -0.2) is 9.55 Å². The van der Waals surface area contributed by atoms with Crippen LogP contribution in [0, 0.1) is 6.92 Å². The summed E-state index contributed by atoms with van der Waals surface area (Å²) >= 11 is 0. The monoisotopic (exact) mass is 222 g/mol. The van der Waals surface area contributed by atoms with Crippen LogP contribution in [0.5, 0.6) is 0 Å². The number of rotatable bonds is 2. The Bertz CT molecular complexity index is 638. The predicted octanol–water partition coefficient (Wildman–Crippen LogP) is 3.39. The Hall–Kier alpha value is -2.09. The third kappa shape index (κ3) is 1.82. The van der Waals surface area contributed by atoms with Crippen LogP contribution in [0.2, 0.25) is 0 Å². The van der Waals surface area contributed by atoms with E-state index in [2.05, 4.69) is 53.0 Å². The van der Waals surface area contributed by atoms with Crippen molar-refractivity contribution in [2.75, 3.05) is 0 Å². The minimum absolute atomic E-state index is 0.877. The second kappa shape index (κ2) is 4.06. The molecule has 0 saturated heterocycles. The first-order chi connectivity index (χ1) is 8.34. The first-order valence-corrected chi connectivity index (χ1v) is 5.79. The summed E-state index contributed by atoms with van der Waals surface area (Å²) in [4.78, 5) is 4.46. The number of nitrogens with zero attached hydrogens (tertiary/aromatic N) is 2. The van der Waals surface area contributed by atoms with Gasteiger partial charge in [-0.1, -0.05) is 30.3 Å². The first-order valence-electron chi connectivity index (χ1n) is 5.79. The zero-order valence-electron chi connectivity index (χ0n) is 9.80. The van der Waals surface area contributed by atoms with Crippen LogP contribution in [0.15, 0.2) is 54.9 Å². The maximum atomic E-state index is 4.46. The van der Waals surface area contributed by atoms with E-state index in [1.54, 1.807) is 0 Å². The van der Waals surface area contributed by atoms with E-state index in [0.29, 0.717) is 0 Å². The van der Waals surface area contributed by atoms with Crippen molar-refractivity contribution in [1.29, 1.82) is 0 Å². The zero-order valence-corrected chi connectivity index (χ0v) is 9.80. The van der Waals surface area contributed by atoms with Crippen LogP contribution < -0.4 is 0 Å². The number of aryl methyl sites for hydroxylation is 1. The van der Waals surface area contributed by atoms with Gasteiger partial charge in [-0.2, -0.15) is 0 Å². The molecule has 0 aliphatic rings. The van der Waals surface area contributed by atoms with Crippen molar-refractivity contribution in [3.63, 3.8) is 0 Å². The smallest absolute Gasteiger partial charge is 0.140 e. The summed E-state index contributed by atoms with van der Waals surface area (Å²) in [6.45, 7) is 3.01. The van der Waals surface area contributed by atoms with E-state index in [0.717, 1.165) is 12.2 Å². The van der Waals surface area contributed by atoms with Crippen LogP contribution in [-0.2, 0) is 6.54 Å². The van der Waals surface area contributed by atoms with Gasteiger partial charge in [0.2, 0.25) is 0 Å². The van der Waals surface area contributed by atoms with Gasteiger partial charge in [0.1, 0.15) is 5.65 Å². The fourth-order valence-corrected chi connectivity index (χ4v) is 2.20. The van der Waals surface area contributed by atoms with E-state index >= 15 is 0 Å². The fraction of sp³-hybridized carbons (Fsp3) is 0.133. The molecule has 0 spiro atoms. The van der Waals surface area contributed by atoms with E-state index in [9.17, 15) is 0 Å². The lowest BCUT2D eigenvalue weighted by Gasteiger charge is -2.04. The highest BCUT2D eigenvalue weighted by Gasteiger charge is 2.05. The Morgan fingerprint density at radius 2 is 1.88 bits per heavy atom. The van der Waals surface area contributed by atoms with E-state index in [1.165, 1.54) is 16.5 Å². The minimum atomic E-state index is 0.877. The van der Waals surface area contributed by atoms with Gasteiger partial charge in [0.25, 0.3) is 0 Å². The van der Waals surface area contributed by atoms with Crippen molar-refractivity contribution in [2.45, 2.75) is 13.5 Å². The first kappa shape index (κ1) is 10.1. The van der Waals surface area contributed by atoms with E-state index < -0.39 is 0 Å². The highest BCUT2D eigenvalue weighted by Crippen LogP contribution is 2.19. The number of pyridine rings is 1. The summed E-state index contributed by atoms with van der Waals surface area (Å²) in [7, 11) is 0. The molecule has 2 heteroatoms. The summed E-state index contributed by atoms with van der Waals surface area (Å²) in [6, 6.07) is 14.6. The normalized spacial score (nSPS) is 10.9. The molecule has 84 valence electrons. The molecule has 3 rings (SSSR count). The van der Waals surface area contributed by atoms with Crippen LogP contribution in [0.4, 0.5) is 0 Å². The average molecular weight is 222 g/mol. The summed E-state index contributed by atoms with van der Waals surface area (Å²) in [5.74, 6) is 0. The largest absolute Gasteiger partial charge is 0.328 e. The molecule has 0 N–H and O–H groups in total. The average Bonchev–Trinajstić information content (AvgIpc) is 2.69. The van der Waals surface area contributed by atoms with Crippen LogP contribution in [0.1, 0.15) is 11.1 Å². The molecule has 1 aromatic carbocycles. The van der Waals surface area contributed by atoms with Gasteiger partial charge in [-0.05, 0) is 30.2 Å². The van der Waals surface area contributed by atoms with Crippen molar-refractivity contribution in [1.82, 2.24) is 9.55 Å². The molecule has 0 bridgehead atoms. The van der Waals surface area contributed by atoms with Crippen molar-refractivity contribution in [3.05, 3.63) is 66.0 Å². The molecule has 0 aliphatic heterocycles. The zero-order chi connectivity index (χ0) is 11.7. The Balaban J connectivity index is 2.07. The molecule has 0 atom stereocenters. The van der Waals surface area contributed by atoms with E-state index in [1.807, 2.05) is 18.3 Å². The summed E-state index contributed by atoms with van der Waals surface area (Å²) < 4.78 is 2.21. The number of benzene rings is 1. The molecule has 0 radical (unpaired) electrons. The standard InChI is InChI=1S/C15H14N2/c1-12-10-17(11-13-6-3-2-4-7-13)15-14(12)8-5-9-16-15/h2-10H,11H2,1H3. The summed E-state index contributed by atoms with van der Waals surface area (Å²) in [5.41, 5.74) is 3.65. The van der Waals surface area contributed by atoms with Crippen LogP contribution >= 0.6 is 0 Å².